The highest BCUT2D eigenvalue weighted by atomic mass is 32.2. The number of nitrogens with zero attached hydrogens (tertiary/aromatic N) is 3. The first-order valence-corrected chi connectivity index (χ1v) is 10.3. The molecule has 148 valence electrons. The molecular formula is C20H22F2N4OS. The van der Waals surface area contributed by atoms with E-state index in [1.807, 2.05) is 42.8 Å². The molecule has 1 aliphatic rings. The van der Waals surface area contributed by atoms with Crippen LogP contribution in [0.1, 0.15) is 30.7 Å². The number of benzene rings is 1. The average Bonchev–Trinajstić information content (AvgIpc) is 3.06. The van der Waals surface area contributed by atoms with Gasteiger partial charge in [0, 0.05) is 42.1 Å². The van der Waals surface area contributed by atoms with Gasteiger partial charge >= 0.3 is 0 Å². The molecule has 8 heteroatoms. The van der Waals surface area contributed by atoms with Crippen LogP contribution in [-0.4, -0.2) is 34.4 Å². The number of alkyl halides is 2. The van der Waals surface area contributed by atoms with Gasteiger partial charge in [-0.15, -0.1) is 11.8 Å². The van der Waals surface area contributed by atoms with E-state index in [4.69, 9.17) is 5.26 Å². The number of carbonyl (C=O) groups is 1. The molecule has 0 radical (unpaired) electrons. The quantitative estimate of drug-likeness (QED) is 0.605. The number of nitriles is 1. The van der Waals surface area contributed by atoms with Crippen molar-refractivity contribution in [3.05, 3.63) is 36.0 Å². The molecular weight excluding hydrogens is 382 g/mol. The zero-order valence-corrected chi connectivity index (χ0v) is 16.6. The fraction of sp³-hybridized carbons (Fsp3) is 0.450. The average molecular weight is 404 g/mol. The summed E-state index contributed by atoms with van der Waals surface area (Å²) in [6.07, 6.45) is 3.22. The van der Waals surface area contributed by atoms with Crippen molar-refractivity contribution in [1.29, 1.82) is 5.26 Å². The molecule has 2 unspecified atom stereocenters. The molecule has 3 rings (SSSR count). The van der Waals surface area contributed by atoms with E-state index in [1.54, 1.807) is 23.5 Å². The molecule has 2 aromatic rings. The zero-order valence-electron chi connectivity index (χ0n) is 15.8. The van der Waals surface area contributed by atoms with Crippen molar-refractivity contribution in [2.24, 2.45) is 13.0 Å². The Kier molecular flexibility index (Phi) is 6.04. The number of nitrogens with one attached hydrogen (secondary N) is 1. The van der Waals surface area contributed by atoms with E-state index in [0.29, 0.717) is 5.69 Å². The summed E-state index contributed by atoms with van der Waals surface area (Å²) in [5, 5.41) is 15.7. The molecule has 1 amide bonds. The Morgan fingerprint density at radius 1 is 1.43 bits per heavy atom. The van der Waals surface area contributed by atoms with Crippen LogP contribution in [0.15, 0.2) is 35.4 Å². The van der Waals surface area contributed by atoms with Crippen molar-refractivity contribution >= 4 is 17.7 Å². The Morgan fingerprint density at radius 2 is 2.14 bits per heavy atom. The molecule has 1 aliphatic carbocycles. The molecule has 1 heterocycles. The third kappa shape index (κ3) is 4.36. The highest BCUT2D eigenvalue weighted by Crippen LogP contribution is 2.47. The minimum absolute atomic E-state index is 0.191. The van der Waals surface area contributed by atoms with Crippen molar-refractivity contribution in [2.45, 2.75) is 36.0 Å². The van der Waals surface area contributed by atoms with Gasteiger partial charge in [-0.2, -0.15) is 10.4 Å². The monoisotopic (exact) mass is 404 g/mol. The molecule has 5 nitrogen and oxygen atoms in total. The molecule has 2 atom stereocenters. The standard InChI is InChI=1S/C20H22F2N4OS/c1-26-12-17(18(25-26)13-3-5-14(28-2)6-4-13)15-7-8-20(21,22)11-16(15)19(27)24-10-9-23/h3-6,12,15-16H,7-8,10-11H2,1-2H3,(H,24,27). The first-order chi connectivity index (χ1) is 13.3. The van der Waals surface area contributed by atoms with Gasteiger partial charge in [0.2, 0.25) is 11.8 Å². The van der Waals surface area contributed by atoms with Crippen LogP contribution in [-0.2, 0) is 11.8 Å². The van der Waals surface area contributed by atoms with E-state index in [1.165, 1.54) is 0 Å². The van der Waals surface area contributed by atoms with E-state index in [9.17, 15) is 13.6 Å². The van der Waals surface area contributed by atoms with E-state index in [0.717, 1.165) is 16.0 Å². The first-order valence-electron chi connectivity index (χ1n) is 9.05. The summed E-state index contributed by atoms with van der Waals surface area (Å²) < 4.78 is 29.8. The Hall–Kier alpha value is -2.40. The summed E-state index contributed by atoms with van der Waals surface area (Å²) in [4.78, 5) is 13.7. The third-order valence-electron chi connectivity index (χ3n) is 5.12. The van der Waals surface area contributed by atoms with Crippen LogP contribution in [0.3, 0.4) is 0 Å². The van der Waals surface area contributed by atoms with Gasteiger partial charge in [0.15, 0.2) is 0 Å². The van der Waals surface area contributed by atoms with Gasteiger partial charge in [-0.05, 0) is 30.7 Å². The van der Waals surface area contributed by atoms with Crippen LogP contribution in [0.4, 0.5) is 8.78 Å². The van der Waals surface area contributed by atoms with E-state index >= 15 is 0 Å². The number of carbonyl (C=O) groups excluding carboxylic acids is 1. The summed E-state index contributed by atoms with van der Waals surface area (Å²) in [6, 6.07) is 9.72. The van der Waals surface area contributed by atoms with Crippen LogP contribution >= 0.6 is 11.8 Å². The van der Waals surface area contributed by atoms with Crippen LogP contribution in [0.5, 0.6) is 0 Å². The van der Waals surface area contributed by atoms with Gasteiger partial charge < -0.3 is 5.32 Å². The summed E-state index contributed by atoms with van der Waals surface area (Å²) in [5.74, 6) is -4.65. The molecule has 0 spiro atoms. The number of thioether (sulfide) groups is 1. The molecule has 0 saturated heterocycles. The first kappa shape index (κ1) is 20.3. The van der Waals surface area contributed by atoms with E-state index in [2.05, 4.69) is 10.4 Å². The summed E-state index contributed by atoms with van der Waals surface area (Å²) in [6.45, 7) is -0.191. The van der Waals surface area contributed by atoms with E-state index in [-0.39, 0.29) is 25.3 Å². The fourth-order valence-corrected chi connectivity index (χ4v) is 4.20. The number of hydrogen-bond acceptors (Lipinski definition) is 4. The molecule has 28 heavy (non-hydrogen) atoms. The van der Waals surface area contributed by atoms with Crippen LogP contribution in [0.25, 0.3) is 11.3 Å². The number of amides is 1. The minimum Gasteiger partial charge on any atom is -0.343 e. The molecule has 1 aromatic heterocycles. The lowest BCUT2D eigenvalue weighted by atomic mass is 9.73. The Balaban J connectivity index is 1.98. The Morgan fingerprint density at radius 3 is 2.79 bits per heavy atom. The van der Waals surface area contributed by atoms with Gasteiger partial charge in [0.05, 0.1) is 17.7 Å². The maximum absolute atomic E-state index is 14.1. The van der Waals surface area contributed by atoms with Gasteiger partial charge in [0.25, 0.3) is 0 Å². The maximum Gasteiger partial charge on any atom is 0.249 e. The Labute approximate surface area is 167 Å². The molecule has 1 fully saturated rings. The van der Waals surface area contributed by atoms with Crippen molar-refractivity contribution in [3.63, 3.8) is 0 Å². The highest BCUT2D eigenvalue weighted by Gasteiger charge is 2.46. The van der Waals surface area contributed by atoms with Gasteiger partial charge in [-0.25, -0.2) is 8.78 Å². The molecule has 1 aromatic carbocycles. The second kappa shape index (κ2) is 8.31. The fourth-order valence-electron chi connectivity index (χ4n) is 3.79. The summed E-state index contributed by atoms with van der Waals surface area (Å²) in [7, 11) is 1.78. The SMILES string of the molecule is CSc1ccc(-c2nn(C)cc2C2CCC(F)(F)CC2C(=O)NCC#N)cc1. The predicted molar refractivity (Wildman–Crippen MR) is 104 cm³/mol. The maximum atomic E-state index is 14.1. The van der Waals surface area contributed by atoms with Crippen molar-refractivity contribution < 1.29 is 13.6 Å². The molecule has 0 aliphatic heterocycles. The van der Waals surface area contributed by atoms with Crippen molar-refractivity contribution in [1.82, 2.24) is 15.1 Å². The number of aryl methyl sites for hydroxylation is 1. The zero-order chi connectivity index (χ0) is 20.3. The largest absolute Gasteiger partial charge is 0.343 e. The van der Waals surface area contributed by atoms with Gasteiger partial charge in [-0.3, -0.25) is 9.48 Å². The summed E-state index contributed by atoms with van der Waals surface area (Å²) >= 11 is 1.63. The van der Waals surface area contributed by atoms with Gasteiger partial charge in [0.1, 0.15) is 6.54 Å². The number of hydrogen-bond donors (Lipinski definition) is 1. The lowest BCUT2D eigenvalue weighted by molar-refractivity contribution is -0.133. The molecule has 0 bridgehead atoms. The van der Waals surface area contributed by atoms with E-state index < -0.39 is 24.2 Å². The lowest BCUT2D eigenvalue weighted by Gasteiger charge is -2.35. The molecule has 1 saturated carbocycles. The Bertz CT molecular complexity index is 889. The molecule has 1 N–H and O–H groups in total. The van der Waals surface area contributed by atoms with Crippen LogP contribution in [0.2, 0.25) is 0 Å². The third-order valence-corrected chi connectivity index (χ3v) is 5.87. The van der Waals surface area contributed by atoms with Crippen molar-refractivity contribution in [3.8, 4) is 17.3 Å². The second-order valence-corrected chi connectivity index (χ2v) is 7.90. The van der Waals surface area contributed by atoms with Crippen LogP contribution < -0.4 is 5.32 Å². The number of aromatic nitrogens is 2. The van der Waals surface area contributed by atoms with Crippen molar-refractivity contribution in [2.75, 3.05) is 12.8 Å². The van der Waals surface area contributed by atoms with Crippen LogP contribution in [0, 0.1) is 17.2 Å². The highest BCUT2D eigenvalue weighted by molar-refractivity contribution is 7.98. The van der Waals surface area contributed by atoms with Gasteiger partial charge in [-0.1, -0.05) is 12.1 Å². The lowest BCUT2D eigenvalue weighted by Crippen LogP contribution is -2.41. The minimum atomic E-state index is -2.88. The number of rotatable bonds is 5. The topological polar surface area (TPSA) is 70.7 Å². The predicted octanol–water partition coefficient (Wildman–Crippen LogP) is 3.97. The number of halogens is 2. The summed E-state index contributed by atoms with van der Waals surface area (Å²) in [5.41, 5.74) is 2.40. The normalized spacial score (nSPS) is 21.1. The second-order valence-electron chi connectivity index (χ2n) is 7.02. The smallest absolute Gasteiger partial charge is 0.249 e.